The molecular formula is C17H22N4O2. The molecule has 1 fully saturated rings. The van der Waals surface area contributed by atoms with E-state index >= 15 is 0 Å². The number of amides is 2. The van der Waals surface area contributed by atoms with Gasteiger partial charge in [-0.15, -0.1) is 0 Å². The molecule has 23 heavy (non-hydrogen) atoms. The molecule has 4 N–H and O–H groups in total. The van der Waals surface area contributed by atoms with Crippen LogP contribution >= 0.6 is 0 Å². The minimum Gasteiger partial charge on any atom is -0.369 e. The molecule has 1 unspecified atom stereocenters. The minimum atomic E-state index is -1.02. The largest absolute Gasteiger partial charge is 0.369 e. The molecule has 2 aromatic rings. The number of primary amides is 1. The van der Waals surface area contributed by atoms with E-state index in [1.54, 1.807) is 0 Å². The Morgan fingerprint density at radius 1 is 1.35 bits per heavy atom. The Labute approximate surface area is 134 Å². The van der Waals surface area contributed by atoms with Gasteiger partial charge in [0.05, 0.1) is 17.1 Å². The molecule has 3 rings (SSSR count). The van der Waals surface area contributed by atoms with Crippen LogP contribution in [0.4, 0.5) is 0 Å². The van der Waals surface area contributed by atoms with Gasteiger partial charge in [-0.2, -0.15) is 0 Å². The Kier molecular flexibility index (Phi) is 3.62. The summed E-state index contributed by atoms with van der Waals surface area (Å²) in [6.45, 7) is 6.03. The molecule has 122 valence electrons. The third-order valence-corrected chi connectivity index (χ3v) is 4.56. The minimum absolute atomic E-state index is 0.129. The predicted octanol–water partition coefficient (Wildman–Crippen LogP) is 1.95. The molecule has 0 aliphatic heterocycles. The smallest absolute Gasteiger partial charge is 0.236 e. The lowest BCUT2D eigenvalue weighted by Crippen LogP contribution is -2.43. The Bertz CT molecular complexity index is 774. The number of aryl methyl sites for hydroxylation is 1. The number of hydrogen-bond acceptors (Lipinski definition) is 3. The second-order valence-electron chi connectivity index (χ2n) is 6.78. The first-order valence-electron chi connectivity index (χ1n) is 7.90. The van der Waals surface area contributed by atoms with Gasteiger partial charge in [-0.1, -0.05) is 19.9 Å². The first kappa shape index (κ1) is 15.5. The maximum atomic E-state index is 12.5. The SMILES string of the molecule is Cc1ccc2nc(C(NC(=O)C3(C(N)=O)CC3)C(C)C)[nH]c2c1. The van der Waals surface area contributed by atoms with E-state index in [2.05, 4.69) is 15.3 Å². The summed E-state index contributed by atoms with van der Waals surface area (Å²) in [7, 11) is 0. The molecule has 1 aliphatic carbocycles. The number of aromatic nitrogens is 2. The standard InChI is InChI=1S/C17H22N4O2/c1-9(2)13(21-16(23)17(6-7-17)15(18)22)14-19-11-5-4-10(3)8-12(11)20-14/h4-5,8-9,13H,6-7H2,1-3H3,(H2,18,22)(H,19,20)(H,21,23). The van der Waals surface area contributed by atoms with Gasteiger partial charge < -0.3 is 16.0 Å². The van der Waals surface area contributed by atoms with E-state index in [-0.39, 0.29) is 17.9 Å². The summed E-state index contributed by atoms with van der Waals surface area (Å²) < 4.78 is 0. The molecular weight excluding hydrogens is 292 g/mol. The van der Waals surface area contributed by atoms with E-state index in [1.807, 2.05) is 39.0 Å². The molecule has 6 nitrogen and oxygen atoms in total. The first-order chi connectivity index (χ1) is 10.8. The molecule has 1 aliphatic rings. The van der Waals surface area contributed by atoms with Crippen molar-refractivity contribution in [1.29, 1.82) is 0 Å². The molecule has 0 radical (unpaired) electrons. The highest BCUT2D eigenvalue weighted by atomic mass is 16.2. The zero-order valence-electron chi connectivity index (χ0n) is 13.6. The van der Waals surface area contributed by atoms with Crippen LogP contribution in [-0.4, -0.2) is 21.8 Å². The zero-order chi connectivity index (χ0) is 16.8. The normalized spacial score (nSPS) is 17.2. The van der Waals surface area contributed by atoms with Crippen molar-refractivity contribution in [2.24, 2.45) is 17.1 Å². The summed E-state index contributed by atoms with van der Waals surface area (Å²) in [4.78, 5) is 31.9. The average molecular weight is 314 g/mol. The number of aromatic amines is 1. The number of benzene rings is 1. The molecule has 0 saturated heterocycles. The maximum absolute atomic E-state index is 12.5. The molecule has 6 heteroatoms. The third kappa shape index (κ3) is 2.69. The van der Waals surface area contributed by atoms with Crippen molar-refractivity contribution in [2.45, 2.75) is 39.7 Å². The topological polar surface area (TPSA) is 101 Å². The molecule has 0 bridgehead atoms. The van der Waals surface area contributed by atoms with Crippen LogP contribution in [0, 0.1) is 18.3 Å². The van der Waals surface area contributed by atoms with Crippen LogP contribution in [0.2, 0.25) is 0 Å². The van der Waals surface area contributed by atoms with Gasteiger partial charge in [-0.25, -0.2) is 4.98 Å². The van der Waals surface area contributed by atoms with Gasteiger partial charge in [0.2, 0.25) is 11.8 Å². The summed E-state index contributed by atoms with van der Waals surface area (Å²) >= 11 is 0. The quantitative estimate of drug-likeness (QED) is 0.735. The van der Waals surface area contributed by atoms with Gasteiger partial charge in [-0.3, -0.25) is 9.59 Å². The molecule has 1 atom stereocenters. The van der Waals surface area contributed by atoms with E-state index in [9.17, 15) is 9.59 Å². The number of H-pyrrole nitrogens is 1. The second-order valence-corrected chi connectivity index (χ2v) is 6.78. The molecule has 1 aromatic carbocycles. The number of nitrogens with zero attached hydrogens (tertiary/aromatic N) is 1. The van der Waals surface area contributed by atoms with Crippen molar-refractivity contribution >= 4 is 22.8 Å². The second kappa shape index (κ2) is 5.37. The third-order valence-electron chi connectivity index (χ3n) is 4.56. The Balaban J connectivity index is 1.89. The Morgan fingerprint density at radius 2 is 2.04 bits per heavy atom. The van der Waals surface area contributed by atoms with Gasteiger partial charge in [-0.05, 0) is 43.4 Å². The van der Waals surface area contributed by atoms with E-state index in [0.29, 0.717) is 18.7 Å². The lowest BCUT2D eigenvalue weighted by atomic mass is 10.00. The number of carbonyl (C=O) groups is 2. The van der Waals surface area contributed by atoms with Crippen molar-refractivity contribution in [2.75, 3.05) is 0 Å². The number of fused-ring (bicyclic) bond motifs is 1. The van der Waals surface area contributed by atoms with Crippen LogP contribution in [0.3, 0.4) is 0 Å². The maximum Gasteiger partial charge on any atom is 0.236 e. The average Bonchev–Trinajstić information content (AvgIpc) is 3.19. The summed E-state index contributed by atoms with van der Waals surface area (Å²) in [5.74, 6) is -0.00317. The van der Waals surface area contributed by atoms with Crippen molar-refractivity contribution in [3.8, 4) is 0 Å². The fourth-order valence-electron chi connectivity index (χ4n) is 2.83. The van der Waals surface area contributed by atoms with E-state index < -0.39 is 11.3 Å². The highest BCUT2D eigenvalue weighted by Gasteiger charge is 2.55. The number of hydrogen-bond donors (Lipinski definition) is 3. The van der Waals surface area contributed by atoms with Crippen LogP contribution in [0.25, 0.3) is 11.0 Å². The molecule has 2 amide bonds. The highest BCUT2D eigenvalue weighted by Crippen LogP contribution is 2.46. The fourth-order valence-corrected chi connectivity index (χ4v) is 2.83. The summed E-state index contributed by atoms with van der Waals surface area (Å²) in [6, 6.07) is 5.70. The number of nitrogens with one attached hydrogen (secondary N) is 2. The highest BCUT2D eigenvalue weighted by molar-refractivity contribution is 6.07. The van der Waals surface area contributed by atoms with E-state index in [1.165, 1.54) is 0 Å². The monoisotopic (exact) mass is 314 g/mol. The van der Waals surface area contributed by atoms with Gasteiger partial charge >= 0.3 is 0 Å². The fraction of sp³-hybridized carbons (Fsp3) is 0.471. The Hall–Kier alpha value is -2.37. The molecule has 1 aromatic heterocycles. The van der Waals surface area contributed by atoms with Crippen LogP contribution < -0.4 is 11.1 Å². The summed E-state index contributed by atoms with van der Waals surface area (Å²) in [5.41, 5.74) is 7.31. The predicted molar refractivity (Wildman–Crippen MR) is 87.4 cm³/mol. The number of carbonyl (C=O) groups excluding carboxylic acids is 2. The van der Waals surface area contributed by atoms with Gasteiger partial charge in [0.1, 0.15) is 11.2 Å². The van der Waals surface area contributed by atoms with Crippen LogP contribution in [0.5, 0.6) is 0 Å². The first-order valence-corrected chi connectivity index (χ1v) is 7.90. The summed E-state index contributed by atoms with van der Waals surface area (Å²) in [6.07, 6.45) is 1.05. The molecule has 1 saturated carbocycles. The molecule has 1 heterocycles. The number of nitrogens with two attached hydrogens (primary N) is 1. The van der Waals surface area contributed by atoms with Crippen LogP contribution in [-0.2, 0) is 9.59 Å². The van der Waals surface area contributed by atoms with Crippen molar-refractivity contribution in [3.05, 3.63) is 29.6 Å². The number of rotatable bonds is 5. The van der Waals surface area contributed by atoms with E-state index in [0.717, 1.165) is 16.6 Å². The van der Waals surface area contributed by atoms with Crippen molar-refractivity contribution in [3.63, 3.8) is 0 Å². The lowest BCUT2D eigenvalue weighted by molar-refractivity contribution is -0.136. The van der Waals surface area contributed by atoms with Crippen molar-refractivity contribution < 1.29 is 9.59 Å². The van der Waals surface area contributed by atoms with Crippen LogP contribution in [0.1, 0.15) is 44.1 Å². The summed E-state index contributed by atoms with van der Waals surface area (Å²) in [5, 5.41) is 2.96. The molecule has 0 spiro atoms. The van der Waals surface area contributed by atoms with Gasteiger partial charge in [0.15, 0.2) is 0 Å². The van der Waals surface area contributed by atoms with Crippen LogP contribution in [0.15, 0.2) is 18.2 Å². The lowest BCUT2D eigenvalue weighted by Gasteiger charge is -2.22. The van der Waals surface area contributed by atoms with E-state index in [4.69, 9.17) is 5.73 Å². The van der Waals surface area contributed by atoms with Crippen molar-refractivity contribution in [1.82, 2.24) is 15.3 Å². The van der Waals surface area contributed by atoms with Gasteiger partial charge in [0.25, 0.3) is 0 Å². The Morgan fingerprint density at radius 3 is 2.61 bits per heavy atom. The zero-order valence-corrected chi connectivity index (χ0v) is 13.6. The van der Waals surface area contributed by atoms with Gasteiger partial charge in [0, 0.05) is 0 Å². The number of imidazole rings is 1.